The number of imidazole rings is 1. The number of aromatic hydroxyl groups is 1. The Kier molecular flexibility index (Phi) is 4.85. The van der Waals surface area contributed by atoms with Crippen LogP contribution in [0.5, 0.6) is 17.5 Å². The van der Waals surface area contributed by atoms with E-state index in [0.717, 1.165) is 5.56 Å². The standard InChI is InChI=1S/C17H15ClN4O3/c1-19-15-16(21-24)22(10-11-4-2-5-12(18)8-11)17(20-15)25-14-7-3-6-13(23)9-14/h2-9,19,23H,10H2,1H3. The zero-order chi connectivity index (χ0) is 17.8. The van der Waals surface area contributed by atoms with Gasteiger partial charge in [0.15, 0.2) is 5.82 Å². The van der Waals surface area contributed by atoms with E-state index in [1.54, 1.807) is 31.3 Å². The summed E-state index contributed by atoms with van der Waals surface area (Å²) in [7, 11) is 1.64. The van der Waals surface area contributed by atoms with E-state index in [2.05, 4.69) is 15.5 Å². The highest BCUT2D eigenvalue weighted by Crippen LogP contribution is 2.34. The number of hydrogen-bond acceptors (Lipinski definition) is 6. The Morgan fingerprint density at radius 1 is 1.28 bits per heavy atom. The number of rotatable bonds is 6. The van der Waals surface area contributed by atoms with Crippen LogP contribution >= 0.6 is 11.6 Å². The van der Waals surface area contributed by atoms with Crippen LogP contribution in [-0.2, 0) is 6.54 Å². The van der Waals surface area contributed by atoms with Crippen LogP contribution in [0.3, 0.4) is 0 Å². The van der Waals surface area contributed by atoms with E-state index in [1.165, 1.54) is 16.7 Å². The third-order valence-electron chi connectivity index (χ3n) is 3.49. The molecule has 3 aromatic rings. The Hall–Kier alpha value is -3.06. The fraction of sp³-hybridized carbons (Fsp3) is 0.118. The molecule has 3 rings (SSSR count). The van der Waals surface area contributed by atoms with Crippen molar-refractivity contribution in [2.45, 2.75) is 6.54 Å². The average molecular weight is 359 g/mol. The van der Waals surface area contributed by atoms with Crippen molar-refractivity contribution in [1.82, 2.24) is 9.55 Å². The van der Waals surface area contributed by atoms with Crippen molar-refractivity contribution in [1.29, 1.82) is 0 Å². The molecule has 0 unspecified atom stereocenters. The predicted octanol–water partition coefficient (Wildman–Crippen LogP) is 4.52. The number of ether oxygens (including phenoxy) is 1. The van der Waals surface area contributed by atoms with Crippen molar-refractivity contribution < 1.29 is 9.84 Å². The fourth-order valence-corrected chi connectivity index (χ4v) is 2.59. The van der Waals surface area contributed by atoms with Gasteiger partial charge in [-0.15, -0.1) is 4.91 Å². The summed E-state index contributed by atoms with van der Waals surface area (Å²) in [5.41, 5.74) is 0.859. The zero-order valence-electron chi connectivity index (χ0n) is 13.3. The quantitative estimate of drug-likeness (QED) is 0.632. The van der Waals surface area contributed by atoms with Gasteiger partial charge in [-0.3, -0.25) is 4.57 Å². The molecule has 25 heavy (non-hydrogen) atoms. The Labute approximate surface area is 148 Å². The highest BCUT2D eigenvalue weighted by Gasteiger charge is 2.19. The van der Waals surface area contributed by atoms with E-state index in [1.807, 2.05) is 12.1 Å². The van der Waals surface area contributed by atoms with Crippen molar-refractivity contribution in [3.8, 4) is 17.5 Å². The maximum Gasteiger partial charge on any atom is 0.306 e. The van der Waals surface area contributed by atoms with Gasteiger partial charge in [0.1, 0.15) is 11.5 Å². The summed E-state index contributed by atoms with van der Waals surface area (Å²) in [4.78, 5) is 15.6. The molecular weight excluding hydrogens is 344 g/mol. The summed E-state index contributed by atoms with van der Waals surface area (Å²) in [6.07, 6.45) is 0. The first-order valence-corrected chi connectivity index (χ1v) is 7.81. The van der Waals surface area contributed by atoms with E-state index in [-0.39, 0.29) is 17.6 Å². The molecule has 2 aromatic carbocycles. The molecule has 0 radical (unpaired) electrons. The molecule has 0 aliphatic carbocycles. The number of nitroso groups, excluding NO2 is 1. The molecular formula is C17H15ClN4O3. The second-order valence-corrected chi connectivity index (χ2v) is 5.66. The molecule has 1 aromatic heterocycles. The van der Waals surface area contributed by atoms with Crippen LogP contribution in [0.25, 0.3) is 0 Å². The highest BCUT2D eigenvalue weighted by molar-refractivity contribution is 6.30. The van der Waals surface area contributed by atoms with Crippen LogP contribution in [0.2, 0.25) is 5.02 Å². The van der Waals surface area contributed by atoms with Crippen LogP contribution in [0.15, 0.2) is 53.7 Å². The lowest BCUT2D eigenvalue weighted by Gasteiger charge is -2.10. The van der Waals surface area contributed by atoms with Gasteiger partial charge < -0.3 is 15.2 Å². The number of halogens is 1. The Morgan fingerprint density at radius 2 is 2.08 bits per heavy atom. The first kappa shape index (κ1) is 16.8. The molecule has 7 nitrogen and oxygen atoms in total. The largest absolute Gasteiger partial charge is 0.508 e. The summed E-state index contributed by atoms with van der Waals surface area (Å²) < 4.78 is 7.27. The molecule has 0 atom stereocenters. The van der Waals surface area contributed by atoms with Gasteiger partial charge in [0.25, 0.3) is 0 Å². The summed E-state index contributed by atoms with van der Waals surface area (Å²) in [5.74, 6) is 0.857. The highest BCUT2D eigenvalue weighted by atomic mass is 35.5. The van der Waals surface area contributed by atoms with E-state index in [4.69, 9.17) is 16.3 Å². The normalized spacial score (nSPS) is 10.5. The van der Waals surface area contributed by atoms with Crippen LogP contribution in [-0.4, -0.2) is 21.7 Å². The number of hydrogen-bond donors (Lipinski definition) is 2. The molecule has 0 saturated heterocycles. The second-order valence-electron chi connectivity index (χ2n) is 5.22. The molecule has 8 heteroatoms. The Bertz CT molecular complexity index is 911. The maximum absolute atomic E-state index is 11.3. The molecule has 0 saturated carbocycles. The maximum atomic E-state index is 11.3. The minimum absolute atomic E-state index is 0.0630. The number of nitrogens with one attached hydrogen (secondary N) is 1. The van der Waals surface area contributed by atoms with Crippen LogP contribution in [0.4, 0.5) is 11.6 Å². The first-order valence-electron chi connectivity index (χ1n) is 7.43. The first-order chi connectivity index (χ1) is 12.1. The SMILES string of the molecule is CNc1nc(Oc2cccc(O)c2)n(Cc2cccc(Cl)c2)c1N=O. The fourth-order valence-electron chi connectivity index (χ4n) is 2.38. The van der Waals surface area contributed by atoms with E-state index >= 15 is 0 Å². The van der Waals surface area contributed by atoms with Crippen LogP contribution < -0.4 is 10.1 Å². The molecule has 0 bridgehead atoms. The van der Waals surface area contributed by atoms with Gasteiger partial charge in [-0.1, -0.05) is 29.8 Å². The lowest BCUT2D eigenvalue weighted by molar-refractivity contribution is 0.412. The molecule has 0 aliphatic heterocycles. The van der Waals surface area contributed by atoms with Crippen LogP contribution in [0.1, 0.15) is 5.56 Å². The van der Waals surface area contributed by atoms with Gasteiger partial charge in [-0.2, -0.15) is 4.98 Å². The number of benzene rings is 2. The number of anilines is 1. The molecule has 0 amide bonds. The van der Waals surface area contributed by atoms with Crippen molar-refractivity contribution in [2.75, 3.05) is 12.4 Å². The Balaban J connectivity index is 2.02. The lowest BCUT2D eigenvalue weighted by atomic mass is 10.2. The Morgan fingerprint density at radius 3 is 2.76 bits per heavy atom. The van der Waals surface area contributed by atoms with E-state index in [9.17, 15) is 10.0 Å². The second kappa shape index (κ2) is 7.23. The predicted molar refractivity (Wildman–Crippen MR) is 96.0 cm³/mol. The topological polar surface area (TPSA) is 88.7 Å². The summed E-state index contributed by atoms with van der Waals surface area (Å²) in [6.45, 7) is 0.296. The molecule has 0 fully saturated rings. The number of phenolic OH excluding ortho intramolecular Hbond substituents is 1. The lowest BCUT2D eigenvalue weighted by Crippen LogP contribution is -2.02. The minimum Gasteiger partial charge on any atom is -0.508 e. The smallest absolute Gasteiger partial charge is 0.306 e. The van der Waals surface area contributed by atoms with Gasteiger partial charge in [0.05, 0.1) is 6.54 Å². The van der Waals surface area contributed by atoms with Crippen molar-refractivity contribution >= 4 is 23.2 Å². The zero-order valence-corrected chi connectivity index (χ0v) is 14.1. The molecule has 0 aliphatic rings. The molecule has 128 valence electrons. The number of aromatic nitrogens is 2. The summed E-state index contributed by atoms with van der Waals surface area (Å²) >= 11 is 6.02. The average Bonchev–Trinajstić information content (AvgIpc) is 2.91. The third-order valence-corrected chi connectivity index (χ3v) is 3.72. The van der Waals surface area contributed by atoms with Crippen molar-refractivity contribution in [2.24, 2.45) is 5.18 Å². The van der Waals surface area contributed by atoms with E-state index in [0.29, 0.717) is 23.1 Å². The summed E-state index contributed by atoms with van der Waals surface area (Å²) in [6, 6.07) is 13.7. The third kappa shape index (κ3) is 3.72. The van der Waals surface area contributed by atoms with Crippen LogP contribution in [0, 0.1) is 4.91 Å². The molecule has 1 heterocycles. The van der Waals surface area contributed by atoms with Gasteiger partial charge in [0.2, 0.25) is 5.82 Å². The van der Waals surface area contributed by atoms with E-state index < -0.39 is 0 Å². The number of phenols is 1. The van der Waals surface area contributed by atoms with Gasteiger partial charge in [-0.25, -0.2) is 0 Å². The molecule has 2 N–H and O–H groups in total. The summed E-state index contributed by atoms with van der Waals surface area (Å²) in [5, 5.41) is 16.0. The van der Waals surface area contributed by atoms with Crippen molar-refractivity contribution in [3.63, 3.8) is 0 Å². The minimum atomic E-state index is 0.0630. The monoisotopic (exact) mass is 358 g/mol. The van der Waals surface area contributed by atoms with Gasteiger partial charge in [-0.05, 0) is 35.0 Å². The molecule has 0 spiro atoms. The van der Waals surface area contributed by atoms with Gasteiger partial charge in [0, 0.05) is 18.1 Å². The number of nitrogens with zero attached hydrogens (tertiary/aromatic N) is 3. The van der Waals surface area contributed by atoms with Gasteiger partial charge >= 0.3 is 6.01 Å². The van der Waals surface area contributed by atoms with Crippen molar-refractivity contribution in [3.05, 3.63) is 64.0 Å².